The number of anilines is 2. The van der Waals surface area contributed by atoms with Crippen LogP contribution in [-0.4, -0.2) is 48.7 Å². The number of hydrogen-bond acceptors (Lipinski definition) is 5. The van der Waals surface area contributed by atoms with Crippen LogP contribution in [0.25, 0.3) is 11.3 Å². The first-order chi connectivity index (χ1) is 19.8. The highest BCUT2D eigenvalue weighted by atomic mass is 35.5. The van der Waals surface area contributed by atoms with E-state index in [1.54, 1.807) is 29.1 Å². The molecule has 0 bridgehead atoms. The molecule has 0 saturated carbocycles. The first-order valence-corrected chi connectivity index (χ1v) is 15.0. The van der Waals surface area contributed by atoms with E-state index in [4.69, 9.17) is 11.6 Å². The third kappa shape index (κ3) is 5.97. The molecule has 4 aromatic rings. The van der Waals surface area contributed by atoms with Crippen LogP contribution in [0.1, 0.15) is 28.0 Å². The van der Waals surface area contributed by atoms with Gasteiger partial charge in [0.2, 0.25) is 5.91 Å². The van der Waals surface area contributed by atoms with Crippen LogP contribution in [0, 0.1) is 6.92 Å². The lowest BCUT2D eigenvalue weighted by Gasteiger charge is -2.23. The molecule has 5 rings (SSSR count). The number of aromatic nitrogens is 2. The van der Waals surface area contributed by atoms with Gasteiger partial charge in [-0.05, 0) is 55.5 Å². The molecule has 0 spiro atoms. The summed E-state index contributed by atoms with van der Waals surface area (Å²) in [4.78, 5) is 27.8. The lowest BCUT2D eigenvalue weighted by atomic mass is 9.97. The van der Waals surface area contributed by atoms with Crippen molar-refractivity contribution in [2.24, 2.45) is 0 Å². The molecule has 1 aromatic heterocycles. The fourth-order valence-corrected chi connectivity index (χ4v) is 5.60. The quantitative estimate of drug-likeness (QED) is 0.282. The highest BCUT2D eigenvalue weighted by Crippen LogP contribution is 2.43. The second-order valence-electron chi connectivity index (χ2n) is 9.84. The Hall–Kier alpha value is -4.35. The van der Waals surface area contributed by atoms with Gasteiger partial charge in [0.25, 0.3) is 11.8 Å². The van der Waals surface area contributed by atoms with Gasteiger partial charge in [0.1, 0.15) is 0 Å². The lowest BCUT2D eigenvalue weighted by molar-refractivity contribution is -0.112. The number of fused-ring (bicyclic) bond motifs is 1. The number of sulfone groups is 1. The molecule has 0 saturated heterocycles. The number of nitrogens with zero attached hydrogens (tertiary/aromatic N) is 3. The van der Waals surface area contributed by atoms with Gasteiger partial charge in [-0.15, -0.1) is 0 Å². The third-order valence-electron chi connectivity index (χ3n) is 6.75. The monoisotopic (exact) mass is 610 g/mol. The second kappa shape index (κ2) is 11.1. The summed E-state index contributed by atoms with van der Waals surface area (Å²) in [5.41, 5.74) is 1.32. The van der Waals surface area contributed by atoms with Crippen molar-refractivity contribution in [1.29, 1.82) is 0 Å². The maximum Gasteiger partial charge on any atom is 0.275 e. The lowest BCUT2D eigenvalue weighted by Crippen LogP contribution is -2.33. The van der Waals surface area contributed by atoms with Crippen LogP contribution >= 0.6 is 11.6 Å². The summed E-state index contributed by atoms with van der Waals surface area (Å²) < 4.78 is 56.5. The minimum atomic E-state index is -3.55. The number of nitrogens with one attached hydrogen (secondary N) is 1. The number of carbonyl (C=O) groups is 2. The van der Waals surface area contributed by atoms with Crippen molar-refractivity contribution in [2.45, 2.75) is 24.2 Å². The van der Waals surface area contributed by atoms with Crippen LogP contribution in [0.4, 0.5) is 20.2 Å². The summed E-state index contributed by atoms with van der Waals surface area (Å²) in [5, 5.41) is 6.92. The van der Waals surface area contributed by atoms with E-state index >= 15 is 8.78 Å². The van der Waals surface area contributed by atoms with E-state index in [0.29, 0.717) is 5.69 Å². The van der Waals surface area contributed by atoms with E-state index < -0.39 is 39.6 Å². The molecular formula is C30H25ClF2N4O4S. The van der Waals surface area contributed by atoms with Gasteiger partial charge in [0.15, 0.2) is 9.84 Å². The van der Waals surface area contributed by atoms with Gasteiger partial charge >= 0.3 is 0 Å². The Balaban J connectivity index is 1.48. The van der Waals surface area contributed by atoms with Crippen LogP contribution in [0.15, 0.2) is 90.0 Å². The molecule has 0 atom stereocenters. The Morgan fingerprint density at radius 2 is 1.81 bits per heavy atom. The largest absolute Gasteiger partial charge is 0.322 e. The minimum Gasteiger partial charge on any atom is -0.322 e. The fraction of sp³-hybridized carbons (Fsp3) is 0.167. The Bertz CT molecular complexity index is 1850. The molecule has 0 fully saturated rings. The first kappa shape index (κ1) is 29.2. The van der Waals surface area contributed by atoms with Crippen molar-refractivity contribution in [2.75, 3.05) is 23.0 Å². The van der Waals surface area contributed by atoms with Gasteiger partial charge < -0.3 is 10.2 Å². The Morgan fingerprint density at radius 3 is 2.50 bits per heavy atom. The van der Waals surface area contributed by atoms with Gasteiger partial charge in [-0.25, -0.2) is 21.9 Å². The van der Waals surface area contributed by atoms with Crippen molar-refractivity contribution in [3.8, 4) is 5.69 Å². The number of allylic oxidation sites excluding steroid dienone is 1. The zero-order chi connectivity index (χ0) is 30.2. The van der Waals surface area contributed by atoms with Crippen LogP contribution < -0.4 is 10.2 Å². The van der Waals surface area contributed by atoms with E-state index in [1.807, 2.05) is 13.0 Å². The molecule has 0 unspecified atom stereocenters. The second-order valence-corrected chi connectivity index (χ2v) is 12.3. The van der Waals surface area contributed by atoms with Gasteiger partial charge in [-0.1, -0.05) is 35.9 Å². The number of aryl methyl sites for hydroxylation is 1. The average molecular weight is 611 g/mol. The highest BCUT2D eigenvalue weighted by molar-refractivity contribution is 7.90. The number of amides is 2. The van der Waals surface area contributed by atoms with Crippen molar-refractivity contribution in [3.63, 3.8) is 0 Å². The molecule has 12 heteroatoms. The van der Waals surface area contributed by atoms with Crippen molar-refractivity contribution in [3.05, 3.63) is 107 Å². The Morgan fingerprint density at radius 1 is 1.05 bits per heavy atom. The van der Waals surface area contributed by atoms with Gasteiger partial charge in [0, 0.05) is 48.3 Å². The van der Waals surface area contributed by atoms with E-state index in [2.05, 4.69) is 10.4 Å². The molecule has 2 amide bonds. The molecule has 3 aromatic carbocycles. The predicted octanol–water partition coefficient (Wildman–Crippen LogP) is 5.95. The maximum atomic E-state index is 15.6. The number of alkyl halides is 2. The maximum absolute atomic E-state index is 15.6. The molecule has 1 N–H and O–H groups in total. The summed E-state index contributed by atoms with van der Waals surface area (Å²) in [6, 6.07) is 18.2. The predicted molar refractivity (Wildman–Crippen MR) is 157 cm³/mol. The number of para-hydroxylation sites is 1. The van der Waals surface area contributed by atoms with Gasteiger partial charge in [-0.2, -0.15) is 5.10 Å². The molecule has 0 aliphatic carbocycles. The molecule has 2 heterocycles. The molecule has 42 heavy (non-hydrogen) atoms. The van der Waals surface area contributed by atoms with E-state index in [1.165, 1.54) is 53.4 Å². The number of carbonyl (C=O) groups excluding carboxylic acids is 2. The Labute approximate surface area is 246 Å². The summed E-state index contributed by atoms with van der Waals surface area (Å²) in [7, 11) is -3.55. The van der Waals surface area contributed by atoms with E-state index in [0.717, 1.165) is 18.0 Å². The van der Waals surface area contributed by atoms with Crippen LogP contribution in [-0.2, 0) is 14.6 Å². The number of benzene rings is 3. The van der Waals surface area contributed by atoms with Gasteiger partial charge in [0.05, 0.1) is 32.6 Å². The SMILES string of the molecule is Cc1ccn(-c2ccc(C(=O)N3CCC(F)(F)C(=CC(=O)Nc4cccc(S(C)(=O)=O)c4)c4ccccc43)c(Cl)c2)n1. The van der Waals surface area contributed by atoms with E-state index in [9.17, 15) is 18.0 Å². The summed E-state index contributed by atoms with van der Waals surface area (Å²) in [5.74, 6) is -4.92. The smallest absolute Gasteiger partial charge is 0.275 e. The van der Waals surface area contributed by atoms with Crippen molar-refractivity contribution >= 4 is 50.2 Å². The first-order valence-electron chi connectivity index (χ1n) is 12.8. The van der Waals surface area contributed by atoms with Crippen molar-refractivity contribution in [1.82, 2.24) is 9.78 Å². The highest BCUT2D eigenvalue weighted by Gasteiger charge is 2.41. The fourth-order valence-electron chi connectivity index (χ4n) is 4.67. The molecule has 0 radical (unpaired) electrons. The summed E-state index contributed by atoms with van der Waals surface area (Å²) in [6.45, 7) is 1.50. The summed E-state index contributed by atoms with van der Waals surface area (Å²) in [6.07, 6.45) is 2.81. The molecule has 1 aliphatic rings. The topological polar surface area (TPSA) is 101 Å². The third-order valence-corrected chi connectivity index (χ3v) is 8.17. The molecule has 1 aliphatic heterocycles. The van der Waals surface area contributed by atoms with Gasteiger partial charge in [-0.3, -0.25) is 9.59 Å². The normalized spacial score (nSPS) is 15.6. The number of halogens is 3. The van der Waals surface area contributed by atoms with Crippen LogP contribution in [0.3, 0.4) is 0 Å². The molecule has 216 valence electrons. The van der Waals surface area contributed by atoms with Crippen molar-refractivity contribution < 1.29 is 26.8 Å². The van der Waals surface area contributed by atoms with Crippen LogP contribution in [0.5, 0.6) is 0 Å². The zero-order valence-corrected chi connectivity index (χ0v) is 24.1. The molecule has 8 nitrogen and oxygen atoms in total. The average Bonchev–Trinajstić information content (AvgIpc) is 3.33. The molecular weight excluding hydrogens is 586 g/mol. The van der Waals surface area contributed by atoms with Crippen LogP contribution in [0.2, 0.25) is 5.02 Å². The standard InChI is InChI=1S/C30H25ClF2N4O4S/c1-19-12-14-37(35-19)21-10-11-24(26(31)17-21)29(39)36-15-13-30(32,33)25(23-8-3-4-9-27(23)36)18-28(38)34-20-6-5-7-22(16-20)42(2,40)41/h3-12,14,16-18H,13,15H2,1-2H3,(H,34,38). The summed E-state index contributed by atoms with van der Waals surface area (Å²) >= 11 is 6.50. The Kier molecular flexibility index (Phi) is 7.74. The number of rotatable bonds is 5. The number of hydrogen-bond donors (Lipinski definition) is 1. The minimum absolute atomic E-state index is 0.00754. The van der Waals surface area contributed by atoms with E-state index in [-0.39, 0.29) is 39.0 Å². The zero-order valence-electron chi connectivity index (χ0n) is 22.5.